The third-order valence-electron chi connectivity index (χ3n) is 2.86. The maximum absolute atomic E-state index is 11.4. The Balaban J connectivity index is 2.43. The van der Waals surface area contributed by atoms with E-state index in [4.69, 9.17) is 16.9 Å². The molecule has 1 unspecified atom stereocenters. The molecule has 2 fully saturated rings. The van der Waals surface area contributed by atoms with Gasteiger partial charge < -0.3 is 5.11 Å². The summed E-state index contributed by atoms with van der Waals surface area (Å²) in [5.74, 6) is -1.17. The molecule has 4 nitrogen and oxygen atoms in total. The summed E-state index contributed by atoms with van der Waals surface area (Å²) >= 11 is 7.58. The molecule has 2 heterocycles. The predicted octanol–water partition coefficient (Wildman–Crippen LogP) is 1.19. The molecule has 0 aromatic rings. The summed E-state index contributed by atoms with van der Waals surface area (Å²) in [6.45, 7) is 3.65. The van der Waals surface area contributed by atoms with E-state index in [9.17, 15) is 9.59 Å². The van der Waals surface area contributed by atoms with Crippen molar-refractivity contribution in [2.24, 2.45) is 0 Å². The van der Waals surface area contributed by atoms with Gasteiger partial charge in [0.2, 0.25) is 6.04 Å². The number of carbonyl (C=O) groups excluding carboxylic acids is 1. The van der Waals surface area contributed by atoms with E-state index in [0.29, 0.717) is 6.42 Å². The second-order valence-electron chi connectivity index (χ2n) is 4.20. The zero-order chi connectivity index (χ0) is 10.7. The molecule has 2 aliphatic heterocycles. The quantitative estimate of drug-likeness (QED) is 0.549. The number of carboxylic acid groups (broad SMARTS) is 1. The highest BCUT2D eigenvalue weighted by molar-refractivity contribution is 8.01. The van der Waals surface area contributed by atoms with Crippen molar-refractivity contribution in [3.05, 3.63) is 0 Å². The number of halogens is 1. The van der Waals surface area contributed by atoms with Gasteiger partial charge in [0, 0.05) is 0 Å². The van der Waals surface area contributed by atoms with Crippen molar-refractivity contribution in [3.8, 4) is 0 Å². The van der Waals surface area contributed by atoms with Crippen molar-refractivity contribution >= 4 is 35.4 Å². The number of rotatable bonds is 1. The SMILES string of the molecule is CC1(C)S[C@@H]2CC(=O)[N+]2(Cl)[C@H]1C(=O)O. The maximum atomic E-state index is 11.4. The fourth-order valence-corrected chi connectivity index (χ4v) is 4.58. The van der Waals surface area contributed by atoms with Crippen LogP contribution in [0.1, 0.15) is 20.3 Å². The predicted molar refractivity (Wildman–Crippen MR) is 52.6 cm³/mol. The van der Waals surface area contributed by atoms with Gasteiger partial charge in [-0.05, 0) is 13.8 Å². The van der Waals surface area contributed by atoms with E-state index in [0.717, 1.165) is 0 Å². The van der Waals surface area contributed by atoms with Crippen molar-refractivity contribution in [2.75, 3.05) is 0 Å². The zero-order valence-corrected chi connectivity index (χ0v) is 9.43. The molecule has 3 atom stereocenters. The first-order chi connectivity index (χ1) is 6.30. The Morgan fingerprint density at radius 2 is 2.29 bits per heavy atom. The fraction of sp³-hybridized carbons (Fsp3) is 0.750. The van der Waals surface area contributed by atoms with E-state index < -0.39 is 20.8 Å². The molecule has 1 amide bonds. The molecule has 0 spiro atoms. The van der Waals surface area contributed by atoms with Crippen LogP contribution < -0.4 is 0 Å². The summed E-state index contributed by atoms with van der Waals surface area (Å²) in [7, 11) is 0. The van der Waals surface area contributed by atoms with Gasteiger partial charge in [-0.1, -0.05) is 11.8 Å². The van der Waals surface area contributed by atoms with Gasteiger partial charge in [0.15, 0.2) is 17.2 Å². The Morgan fingerprint density at radius 1 is 1.71 bits per heavy atom. The highest BCUT2D eigenvalue weighted by Crippen LogP contribution is 2.58. The molecule has 0 aromatic carbocycles. The topological polar surface area (TPSA) is 54.4 Å². The monoisotopic (exact) mass is 236 g/mol. The zero-order valence-electron chi connectivity index (χ0n) is 7.86. The average Bonchev–Trinajstić information content (AvgIpc) is 2.17. The normalized spacial score (nSPS) is 44.4. The second-order valence-corrected chi connectivity index (χ2v) is 6.59. The summed E-state index contributed by atoms with van der Waals surface area (Å²) in [5, 5.41) is 9.01. The standard InChI is InChI=1S/C8H10ClNO3S/c1-8(2)6(7(12)13)10(9)4(11)3-5(10)14-8/h5-6H,3H2,1-2H3/p+1/t5-,6+,10?/m1/s1. The van der Waals surface area contributed by atoms with Crippen LogP contribution in [-0.4, -0.2) is 37.1 Å². The van der Waals surface area contributed by atoms with E-state index in [-0.39, 0.29) is 11.3 Å². The van der Waals surface area contributed by atoms with Crippen LogP contribution in [0.2, 0.25) is 0 Å². The lowest BCUT2D eigenvalue weighted by atomic mass is 9.98. The minimum absolute atomic E-state index is 0.0831. The van der Waals surface area contributed by atoms with Crippen LogP contribution in [0, 0.1) is 0 Å². The first kappa shape index (κ1) is 10.3. The lowest BCUT2D eigenvalue weighted by Gasteiger charge is -2.38. The molecule has 0 aliphatic carbocycles. The summed E-state index contributed by atoms with van der Waals surface area (Å²) in [4.78, 5) is 22.5. The van der Waals surface area contributed by atoms with Gasteiger partial charge in [-0.2, -0.15) is 0 Å². The Bertz CT molecular complexity index is 333. The van der Waals surface area contributed by atoms with Gasteiger partial charge in [0.05, 0.1) is 4.75 Å². The van der Waals surface area contributed by atoms with Crippen molar-refractivity contribution in [2.45, 2.75) is 36.4 Å². The summed E-state index contributed by atoms with van der Waals surface area (Å²) in [5.41, 5.74) is 0. The second kappa shape index (κ2) is 2.65. The number of fused-ring (bicyclic) bond motifs is 1. The molecule has 2 saturated heterocycles. The number of carbonyl (C=O) groups is 2. The first-order valence-corrected chi connectivity index (χ1v) is 5.54. The van der Waals surface area contributed by atoms with E-state index in [1.807, 2.05) is 13.8 Å². The fourth-order valence-electron chi connectivity index (χ4n) is 2.22. The van der Waals surface area contributed by atoms with Crippen LogP contribution in [0.15, 0.2) is 0 Å². The summed E-state index contributed by atoms with van der Waals surface area (Å²) in [6, 6.07) is -0.833. The number of aliphatic carboxylic acids is 1. The Labute approximate surface area is 90.9 Å². The van der Waals surface area contributed by atoms with Crippen LogP contribution >= 0.6 is 23.5 Å². The first-order valence-electron chi connectivity index (χ1n) is 4.32. The molecule has 0 radical (unpaired) electrons. The van der Waals surface area contributed by atoms with Crippen molar-refractivity contribution < 1.29 is 18.7 Å². The Hall–Kier alpha value is -0.260. The minimum Gasteiger partial charge on any atom is -0.477 e. The number of amides is 1. The maximum Gasteiger partial charge on any atom is 0.366 e. The number of quaternary nitrogens is 1. The summed E-state index contributed by atoms with van der Waals surface area (Å²) in [6.07, 6.45) is 0.390. The lowest BCUT2D eigenvalue weighted by Crippen LogP contribution is -2.66. The molecular weight excluding hydrogens is 226 g/mol. The molecular formula is C8H11ClNO3S+. The molecule has 2 aliphatic rings. The Kier molecular flexibility index (Phi) is 1.94. The molecule has 0 saturated carbocycles. The molecule has 1 N–H and O–H groups in total. The van der Waals surface area contributed by atoms with E-state index in [2.05, 4.69) is 0 Å². The number of carboxylic acids is 1. The number of β-lactam (4-membered cyclic amide) rings is 1. The number of hydrogen-bond acceptors (Lipinski definition) is 3. The van der Waals surface area contributed by atoms with Crippen molar-refractivity contribution in [1.29, 1.82) is 0 Å². The van der Waals surface area contributed by atoms with Gasteiger partial charge in [0.25, 0.3) is 0 Å². The van der Waals surface area contributed by atoms with Crippen LogP contribution in [0.3, 0.4) is 0 Å². The van der Waals surface area contributed by atoms with Crippen LogP contribution in [0.25, 0.3) is 0 Å². The largest absolute Gasteiger partial charge is 0.477 e. The summed E-state index contributed by atoms with van der Waals surface area (Å²) < 4.78 is -0.919. The average molecular weight is 237 g/mol. The highest BCUT2D eigenvalue weighted by atomic mass is 35.5. The van der Waals surface area contributed by atoms with Gasteiger partial charge in [-0.15, -0.1) is 4.00 Å². The van der Waals surface area contributed by atoms with E-state index in [1.54, 1.807) is 0 Å². The van der Waals surface area contributed by atoms with E-state index >= 15 is 0 Å². The van der Waals surface area contributed by atoms with Gasteiger partial charge in [0.1, 0.15) is 6.42 Å². The molecule has 6 heteroatoms. The van der Waals surface area contributed by atoms with Gasteiger partial charge >= 0.3 is 11.9 Å². The molecule has 14 heavy (non-hydrogen) atoms. The Morgan fingerprint density at radius 3 is 2.64 bits per heavy atom. The van der Waals surface area contributed by atoms with Crippen LogP contribution in [-0.2, 0) is 9.59 Å². The van der Waals surface area contributed by atoms with Crippen molar-refractivity contribution in [1.82, 2.24) is 0 Å². The molecule has 78 valence electrons. The molecule has 0 bridgehead atoms. The number of thioether (sulfide) groups is 1. The highest BCUT2D eigenvalue weighted by Gasteiger charge is 2.74. The smallest absolute Gasteiger partial charge is 0.366 e. The molecule has 2 rings (SSSR count). The lowest BCUT2D eigenvalue weighted by molar-refractivity contribution is -0.791. The van der Waals surface area contributed by atoms with Gasteiger partial charge in [-0.25, -0.2) is 9.59 Å². The number of nitrogens with zero attached hydrogens (tertiary/aromatic N) is 1. The molecule has 0 aromatic heterocycles. The van der Waals surface area contributed by atoms with Crippen LogP contribution in [0.4, 0.5) is 0 Å². The van der Waals surface area contributed by atoms with E-state index in [1.165, 1.54) is 11.8 Å². The van der Waals surface area contributed by atoms with Crippen molar-refractivity contribution in [3.63, 3.8) is 0 Å². The van der Waals surface area contributed by atoms with Crippen LogP contribution in [0.5, 0.6) is 0 Å². The third kappa shape index (κ3) is 1.00. The van der Waals surface area contributed by atoms with Gasteiger partial charge in [-0.3, -0.25) is 0 Å². The minimum atomic E-state index is -0.993. The number of hydrogen-bond donors (Lipinski definition) is 1. The third-order valence-corrected chi connectivity index (χ3v) is 5.20.